The van der Waals surface area contributed by atoms with Gasteiger partial charge < -0.3 is 10.2 Å². The van der Waals surface area contributed by atoms with Crippen molar-refractivity contribution in [3.63, 3.8) is 0 Å². The Balaban J connectivity index is 2.08. The first-order valence-corrected chi connectivity index (χ1v) is 6.75. The molecule has 1 saturated heterocycles. The van der Waals surface area contributed by atoms with Gasteiger partial charge in [-0.25, -0.2) is 4.98 Å². The van der Waals surface area contributed by atoms with Crippen molar-refractivity contribution in [2.24, 2.45) is 0 Å². The Bertz CT molecular complexity index is 398. The molecule has 4 nitrogen and oxygen atoms in total. The van der Waals surface area contributed by atoms with Crippen LogP contribution in [0.25, 0.3) is 0 Å². The second-order valence-corrected chi connectivity index (χ2v) is 4.72. The van der Waals surface area contributed by atoms with Crippen molar-refractivity contribution in [1.82, 2.24) is 9.88 Å². The van der Waals surface area contributed by atoms with Gasteiger partial charge in [-0.05, 0) is 25.0 Å². The molecule has 18 heavy (non-hydrogen) atoms. The van der Waals surface area contributed by atoms with Gasteiger partial charge in [0.05, 0.1) is 0 Å². The first-order chi connectivity index (χ1) is 8.81. The molecule has 4 heteroatoms. The second kappa shape index (κ2) is 6.38. The highest BCUT2D eigenvalue weighted by Crippen LogP contribution is 2.13. The Labute approximate surface area is 108 Å². The number of rotatable bonds is 2. The van der Waals surface area contributed by atoms with Gasteiger partial charge in [0.15, 0.2) is 0 Å². The molecule has 0 atom stereocenters. The van der Waals surface area contributed by atoms with Crippen LogP contribution in [0.15, 0.2) is 18.2 Å². The molecule has 0 bridgehead atoms. The zero-order chi connectivity index (χ0) is 12.8. The van der Waals surface area contributed by atoms with E-state index in [1.165, 1.54) is 19.3 Å². The standard InChI is InChI=1S/C14H21N3O/c1-15-13-9-7-8-12(16-13)14(18)17-10-5-3-2-4-6-11-17/h7-9H,2-6,10-11H2,1H3,(H,15,16). The minimum Gasteiger partial charge on any atom is -0.373 e. The summed E-state index contributed by atoms with van der Waals surface area (Å²) in [5.41, 5.74) is 0.544. The van der Waals surface area contributed by atoms with Gasteiger partial charge in [0.1, 0.15) is 11.5 Å². The van der Waals surface area contributed by atoms with Crippen molar-refractivity contribution < 1.29 is 4.79 Å². The van der Waals surface area contributed by atoms with Gasteiger partial charge in [-0.15, -0.1) is 0 Å². The van der Waals surface area contributed by atoms with Crippen LogP contribution in [0.1, 0.15) is 42.6 Å². The van der Waals surface area contributed by atoms with Crippen molar-refractivity contribution in [2.75, 3.05) is 25.5 Å². The van der Waals surface area contributed by atoms with E-state index in [2.05, 4.69) is 10.3 Å². The quantitative estimate of drug-likeness (QED) is 0.873. The normalized spacial score (nSPS) is 16.8. The number of nitrogens with zero attached hydrogens (tertiary/aromatic N) is 2. The van der Waals surface area contributed by atoms with E-state index in [-0.39, 0.29) is 5.91 Å². The van der Waals surface area contributed by atoms with E-state index >= 15 is 0 Å². The maximum Gasteiger partial charge on any atom is 0.272 e. The molecule has 0 aliphatic carbocycles. The molecule has 0 saturated carbocycles. The molecule has 0 aromatic carbocycles. The number of carbonyl (C=O) groups excluding carboxylic acids is 1. The molecule has 2 heterocycles. The number of hydrogen-bond acceptors (Lipinski definition) is 3. The fourth-order valence-electron chi connectivity index (χ4n) is 2.31. The number of carbonyl (C=O) groups is 1. The van der Waals surface area contributed by atoms with Crippen molar-refractivity contribution in [3.8, 4) is 0 Å². The maximum atomic E-state index is 12.4. The topological polar surface area (TPSA) is 45.2 Å². The SMILES string of the molecule is CNc1cccc(C(=O)N2CCCCCCC2)n1. The fraction of sp³-hybridized carbons (Fsp3) is 0.571. The van der Waals surface area contributed by atoms with Crippen molar-refractivity contribution in [3.05, 3.63) is 23.9 Å². The summed E-state index contributed by atoms with van der Waals surface area (Å²) in [5.74, 6) is 0.807. The largest absolute Gasteiger partial charge is 0.373 e. The molecule has 1 aliphatic rings. The van der Waals surface area contributed by atoms with Crippen LogP contribution in [0.5, 0.6) is 0 Å². The first kappa shape index (κ1) is 12.9. The maximum absolute atomic E-state index is 12.4. The van der Waals surface area contributed by atoms with E-state index in [1.54, 1.807) is 6.07 Å². The van der Waals surface area contributed by atoms with Gasteiger partial charge in [0, 0.05) is 20.1 Å². The Kier molecular flexibility index (Phi) is 4.56. The number of likely N-dealkylation sites (tertiary alicyclic amines) is 1. The van der Waals surface area contributed by atoms with Crippen molar-refractivity contribution >= 4 is 11.7 Å². The van der Waals surface area contributed by atoms with Crippen LogP contribution in [0.4, 0.5) is 5.82 Å². The molecule has 2 rings (SSSR count). The highest BCUT2D eigenvalue weighted by Gasteiger charge is 2.17. The zero-order valence-electron chi connectivity index (χ0n) is 11.0. The van der Waals surface area contributed by atoms with Crippen molar-refractivity contribution in [2.45, 2.75) is 32.1 Å². The molecule has 1 aliphatic heterocycles. The highest BCUT2D eigenvalue weighted by molar-refractivity contribution is 5.92. The summed E-state index contributed by atoms with van der Waals surface area (Å²) in [5, 5.41) is 2.97. The van der Waals surface area contributed by atoms with Gasteiger partial charge in [-0.2, -0.15) is 0 Å². The Morgan fingerprint density at radius 1 is 1.17 bits per heavy atom. The summed E-state index contributed by atoms with van der Waals surface area (Å²) in [6.07, 6.45) is 5.98. The zero-order valence-corrected chi connectivity index (χ0v) is 11.0. The molecule has 98 valence electrons. The summed E-state index contributed by atoms with van der Waals surface area (Å²) in [7, 11) is 1.81. The molecule has 0 radical (unpaired) electrons. The molecular formula is C14H21N3O. The minimum absolute atomic E-state index is 0.0639. The molecular weight excluding hydrogens is 226 g/mol. The van der Waals surface area contributed by atoms with Crippen LogP contribution in [-0.2, 0) is 0 Å². The van der Waals surface area contributed by atoms with Gasteiger partial charge in [0.2, 0.25) is 0 Å². The van der Waals surface area contributed by atoms with Gasteiger partial charge >= 0.3 is 0 Å². The summed E-state index contributed by atoms with van der Waals surface area (Å²) in [6, 6.07) is 5.53. The van der Waals surface area contributed by atoms with E-state index in [9.17, 15) is 4.79 Å². The molecule has 1 N–H and O–H groups in total. The average molecular weight is 247 g/mol. The van der Waals surface area contributed by atoms with Crippen LogP contribution in [0.3, 0.4) is 0 Å². The smallest absolute Gasteiger partial charge is 0.272 e. The molecule has 0 spiro atoms. The van der Waals surface area contributed by atoms with Crippen LogP contribution < -0.4 is 5.32 Å². The lowest BCUT2D eigenvalue weighted by atomic mass is 10.1. The predicted molar refractivity (Wildman–Crippen MR) is 72.8 cm³/mol. The summed E-state index contributed by atoms with van der Waals surface area (Å²) in [4.78, 5) is 18.6. The highest BCUT2D eigenvalue weighted by atomic mass is 16.2. The molecule has 1 aromatic heterocycles. The van der Waals surface area contributed by atoms with Crippen LogP contribution in [-0.4, -0.2) is 35.9 Å². The van der Waals surface area contributed by atoms with Crippen LogP contribution >= 0.6 is 0 Å². The molecule has 0 unspecified atom stereocenters. The molecule has 1 aromatic rings. The van der Waals surface area contributed by atoms with E-state index in [0.717, 1.165) is 31.7 Å². The van der Waals surface area contributed by atoms with E-state index in [0.29, 0.717) is 5.69 Å². The Hall–Kier alpha value is -1.58. The number of hydrogen-bond donors (Lipinski definition) is 1. The number of amides is 1. The Morgan fingerprint density at radius 3 is 2.50 bits per heavy atom. The summed E-state index contributed by atoms with van der Waals surface area (Å²) >= 11 is 0. The third kappa shape index (κ3) is 3.22. The van der Waals surface area contributed by atoms with Crippen molar-refractivity contribution in [1.29, 1.82) is 0 Å². The summed E-state index contributed by atoms with van der Waals surface area (Å²) in [6.45, 7) is 1.73. The lowest BCUT2D eigenvalue weighted by molar-refractivity contribution is 0.0736. The molecule has 1 amide bonds. The Morgan fingerprint density at radius 2 is 1.83 bits per heavy atom. The van der Waals surface area contributed by atoms with Crippen LogP contribution in [0.2, 0.25) is 0 Å². The van der Waals surface area contributed by atoms with Gasteiger partial charge in [-0.3, -0.25) is 4.79 Å². The average Bonchev–Trinajstić information content (AvgIpc) is 2.38. The minimum atomic E-state index is 0.0639. The van der Waals surface area contributed by atoms with Gasteiger partial charge in [0.25, 0.3) is 5.91 Å². The van der Waals surface area contributed by atoms with E-state index in [1.807, 2.05) is 24.1 Å². The lowest BCUT2D eigenvalue weighted by Gasteiger charge is -2.24. The monoisotopic (exact) mass is 247 g/mol. The number of aromatic nitrogens is 1. The van der Waals surface area contributed by atoms with Gasteiger partial charge in [-0.1, -0.05) is 25.3 Å². The van der Waals surface area contributed by atoms with E-state index in [4.69, 9.17) is 0 Å². The number of nitrogens with one attached hydrogen (secondary N) is 1. The predicted octanol–water partition coefficient (Wildman–Crippen LogP) is 2.53. The first-order valence-electron chi connectivity index (χ1n) is 6.75. The summed E-state index contributed by atoms with van der Waals surface area (Å²) < 4.78 is 0. The lowest BCUT2D eigenvalue weighted by Crippen LogP contribution is -2.34. The second-order valence-electron chi connectivity index (χ2n) is 4.72. The fourth-order valence-corrected chi connectivity index (χ4v) is 2.31. The number of anilines is 1. The molecule has 1 fully saturated rings. The van der Waals surface area contributed by atoms with Crippen LogP contribution in [0, 0.1) is 0 Å². The third-order valence-electron chi connectivity index (χ3n) is 3.37. The third-order valence-corrected chi connectivity index (χ3v) is 3.37. The number of pyridine rings is 1. The van der Waals surface area contributed by atoms with E-state index < -0.39 is 0 Å².